The van der Waals surface area contributed by atoms with Crippen molar-refractivity contribution in [1.82, 2.24) is 14.7 Å². The maximum atomic E-state index is 5.23. The zero-order valence-corrected chi connectivity index (χ0v) is 17.8. The number of hydrogen-bond acceptors (Lipinski definition) is 4. The molecule has 0 unspecified atom stereocenters. The Balaban J connectivity index is 1.85. The van der Waals surface area contributed by atoms with Crippen LogP contribution in [0.2, 0.25) is 0 Å². The van der Waals surface area contributed by atoms with Gasteiger partial charge in [-0.15, -0.1) is 0 Å². The largest absolute Gasteiger partial charge is 0.383 e. The fourth-order valence-corrected chi connectivity index (χ4v) is 5.20. The Bertz CT molecular complexity index is 381. The van der Waals surface area contributed by atoms with Crippen LogP contribution in [0.3, 0.4) is 0 Å². The lowest BCUT2D eigenvalue weighted by Gasteiger charge is -2.50. The molecule has 2 aliphatic heterocycles. The van der Waals surface area contributed by atoms with Crippen molar-refractivity contribution in [3.05, 3.63) is 0 Å². The van der Waals surface area contributed by atoms with E-state index in [0.29, 0.717) is 11.0 Å². The summed E-state index contributed by atoms with van der Waals surface area (Å²) in [5, 5.41) is 0. The highest BCUT2D eigenvalue weighted by molar-refractivity contribution is 4.93. The summed E-state index contributed by atoms with van der Waals surface area (Å²) in [4.78, 5) is 7.89. The number of likely N-dealkylation sites (tertiary alicyclic amines) is 1. The third-order valence-electron chi connectivity index (χ3n) is 6.87. The van der Waals surface area contributed by atoms with E-state index in [1.165, 1.54) is 65.1 Å². The van der Waals surface area contributed by atoms with Crippen molar-refractivity contribution in [2.24, 2.45) is 11.3 Å². The molecule has 0 atom stereocenters. The Morgan fingerprint density at radius 3 is 2.00 bits per heavy atom. The minimum Gasteiger partial charge on any atom is -0.383 e. The Morgan fingerprint density at radius 1 is 0.880 bits per heavy atom. The zero-order chi connectivity index (χ0) is 18.5. The lowest BCUT2D eigenvalue weighted by atomic mass is 9.67. The first-order valence-electron chi connectivity index (χ1n) is 10.5. The van der Waals surface area contributed by atoms with Crippen molar-refractivity contribution in [2.45, 2.75) is 59.4 Å². The third kappa shape index (κ3) is 5.92. The molecule has 0 saturated carbocycles. The molecule has 0 aromatic rings. The molecule has 2 aliphatic rings. The van der Waals surface area contributed by atoms with E-state index >= 15 is 0 Å². The van der Waals surface area contributed by atoms with E-state index < -0.39 is 0 Å². The summed E-state index contributed by atoms with van der Waals surface area (Å²) in [6, 6.07) is 0. The molecule has 4 heteroatoms. The number of piperidine rings is 1. The molecule has 0 aromatic carbocycles. The van der Waals surface area contributed by atoms with Crippen LogP contribution in [-0.4, -0.2) is 86.3 Å². The van der Waals surface area contributed by atoms with Crippen LogP contribution < -0.4 is 0 Å². The van der Waals surface area contributed by atoms with Crippen LogP contribution in [0.1, 0.15) is 53.9 Å². The molecule has 148 valence electrons. The summed E-state index contributed by atoms with van der Waals surface area (Å²) < 4.78 is 5.23. The van der Waals surface area contributed by atoms with Crippen LogP contribution >= 0.6 is 0 Å². The maximum absolute atomic E-state index is 5.23. The van der Waals surface area contributed by atoms with Gasteiger partial charge in [0.05, 0.1) is 6.61 Å². The monoisotopic (exact) mass is 353 g/mol. The van der Waals surface area contributed by atoms with Gasteiger partial charge in [0.2, 0.25) is 0 Å². The summed E-state index contributed by atoms with van der Waals surface area (Å²) in [6.45, 7) is 22.8. The average molecular weight is 354 g/mol. The molecule has 2 rings (SSSR count). The van der Waals surface area contributed by atoms with Gasteiger partial charge in [0, 0.05) is 45.4 Å². The van der Waals surface area contributed by atoms with Crippen molar-refractivity contribution in [3.63, 3.8) is 0 Å². The topological polar surface area (TPSA) is 19.0 Å². The van der Waals surface area contributed by atoms with Crippen molar-refractivity contribution in [2.75, 3.05) is 66.1 Å². The minimum absolute atomic E-state index is 0.290. The lowest BCUT2D eigenvalue weighted by molar-refractivity contribution is -0.00290. The first-order chi connectivity index (χ1) is 11.8. The molecular formula is C21H43N3O. The molecule has 0 bridgehead atoms. The van der Waals surface area contributed by atoms with E-state index in [1.54, 1.807) is 7.11 Å². The molecular weight excluding hydrogens is 310 g/mol. The predicted octanol–water partition coefficient (Wildman–Crippen LogP) is 3.18. The second kappa shape index (κ2) is 9.16. The molecule has 2 saturated heterocycles. The van der Waals surface area contributed by atoms with E-state index in [2.05, 4.69) is 49.3 Å². The highest BCUT2D eigenvalue weighted by atomic mass is 16.5. The summed E-state index contributed by atoms with van der Waals surface area (Å²) in [5.41, 5.74) is 0.718. The van der Waals surface area contributed by atoms with E-state index in [-0.39, 0.29) is 0 Å². The van der Waals surface area contributed by atoms with Crippen molar-refractivity contribution < 1.29 is 4.74 Å². The van der Waals surface area contributed by atoms with Gasteiger partial charge in [-0.1, -0.05) is 20.8 Å². The zero-order valence-electron chi connectivity index (χ0n) is 17.8. The number of methoxy groups -OCH3 is 1. The molecule has 0 amide bonds. The first-order valence-corrected chi connectivity index (χ1v) is 10.5. The fraction of sp³-hybridized carbons (Fsp3) is 1.00. The first kappa shape index (κ1) is 21.1. The molecule has 4 nitrogen and oxygen atoms in total. The molecule has 2 heterocycles. The predicted molar refractivity (Wildman–Crippen MR) is 107 cm³/mol. The fourth-order valence-electron chi connectivity index (χ4n) is 5.20. The summed E-state index contributed by atoms with van der Waals surface area (Å²) >= 11 is 0. The van der Waals surface area contributed by atoms with Gasteiger partial charge in [0.1, 0.15) is 0 Å². The van der Waals surface area contributed by atoms with Crippen LogP contribution in [0.5, 0.6) is 0 Å². The van der Waals surface area contributed by atoms with Crippen LogP contribution in [0.25, 0.3) is 0 Å². The van der Waals surface area contributed by atoms with E-state index in [1.807, 2.05) is 0 Å². The number of rotatable bonds is 8. The van der Waals surface area contributed by atoms with Gasteiger partial charge >= 0.3 is 0 Å². The Labute approximate surface area is 156 Å². The van der Waals surface area contributed by atoms with E-state index in [4.69, 9.17) is 4.74 Å². The van der Waals surface area contributed by atoms with E-state index in [0.717, 1.165) is 19.1 Å². The van der Waals surface area contributed by atoms with Gasteiger partial charge < -0.3 is 9.64 Å². The van der Waals surface area contributed by atoms with Crippen LogP contribution in [0.15, 0.2) is 0 Å². The molecule has 25 heavy (non-hydrogen) atoms. The molecule has 2 fully saturated rings. The van der Waals surface area contributed by atoms with Gasteiger partial charge in [-0.05, 0) is 64.1 Å². The van der Waals surface area contributed by atoms with Gasteiger partial charge in [0.15, 0.2) is 0 Å². The molecule has 0 radical (unpaired) electrons. The summed E-state index contributed by atoms with van der Waals surface area (Å²) in [5.74, 6) is 0.873. The highest BCUT2D eigenvalue weighted by Gasteiger charge is 2.39. The maximum Gasteiger partial charge on any atom is 0.0589 e. The summed E-state index contributed by atoms with van der Waals surface area (Å²) in [7, 11) is 1.80. The molecule has 0 aromatic heterocycles. The normalized spacial score (nSPS) is 23.3. The smallest absolute Gasteiger partial charge is 0.0589 e. The van der Waals surface area contributed by atoms with Crippen LogP contribution in [0, 0.1) is 11.3 Å². The minimum atomic E-state index is 0.290. The SMILES string of the molecule is CCN1CCC(C(C)(C)CC(C)(C)N2CCN(CCOC)CC2)CC1. The van der Waals surface area contributed by atoms with E-state index in [9.17, 15) is 0 Å². The number of ether oxygens (including phenoxy) is 1. The van der Waals surface area contributed by atoms with Crippen LogP contribution in [-0.2, 0) is 4.74 Å². The van der Waals surface area contributed by atoms with Crippen LogP contribution in [0.4, 0.5) is 0 Å². The second-order valence-corrected chi connectivity index (χ2v) is 9.51. The van der Waals surface area contributed by atoms with Gasteiger partial charge in [-0.25, -0.2) is 0 Å². The van der Waals surface area contributed by atoms with Gasteiger partial charge in [-0.2, -0.15) is 0 Å². The van der Waals surface area contributed by atoms with Crippen molar-refractivity contribution in [3.8, 4) is 0 Å². The number of piperazine rings is 1. The third-order valence-corrected chi connectivity index (χ3v) is 6.87. The molecule has 0 spiro atoms. The second-order valence-electron chi connectivity index (χ2n) is 9.51. The van der Waals surface area contributed by atoms with Gasteiger partial charge in [0.25, 0.3) is 0 Å². The molecule has 0 aliphatic carbocycles. The highest BCUT2D eigenvalue weighted by Crippen LogP contribution is 2.42. The van der Waals surface area contributed by atoms with Crippen molar-refractivity contribution >= 4 is 0 Å². The van der Waals surface area contributed by atoms with Crippen molar-refractivity contribution in [1.29, 1.82) is 0 Å². The Hall–Kier alpha value is -0.160. The Morgan fingerprint density at radius 2 is 1.48 bits per heavy atom. The Kier molecular flexibility index (Phi) is 7.75. The average Bonchev–Trinajstić information content (AvgIpc) is 2.59. The lowest BCUT2D eigenvalue weighted by Crippen LogP contribution is -2.56. The number of nitrogens with zero attached hydrogens (tertiary/aromatic N) is 3. The number of hydrogen-bond donors (Lipinski definition) is 0. The standard InChI is InChI=1S/C21H43N3O/c1-7-22-10-8-19(9-11-22)20(2,3)18-21(4,5)24-14-12-23(13-15-24)16-17-25-6/h19H,7-18H2,1-6H3. The van der Waals surface area contributed by atoms with Gasteiger partial charge in [-0.3, -0.25) is 9.80 Å². The summed E-state index contributed by atoms with van der Waals surface area (Å²) in [6.07, 6.45) is 4.05. The molecule has 0 N–H and O–H groups in total. The quantitative estimate of drug-likeness (QED) is 0.667.